The predicted octanol–water partition coefficient (Wildman–Crippen LogP) is 0.180. The molecule has 0 radical (unpaired) electrons. The Hall–Kier alpha value is -1.06. The van der Waals surface area contributed by atoms with Crippen LogP contribution in [0.1, 0.15) is 6.42 Å². The number of hydrogen-bond acceptors (Lipinski definition) is 2. The van der Waals surface area contributed by atoms with Gasteiger partial charge in [0.2, 0.25) is 6.54 Å². The maximum atomic E-state index is 8.61. The van der Waals surface area contributed by atoms with E-state index in [1.165, 1.54) is 0 Å². The predicted molar refractivity (Wildman–Crippen MR) is 27.7 cm³/mol. The van der Waals surface area contributed by atoms with Gasteiger partial charge < -0.3 is 9.95 Å². The Morgan fingerprint density at radius 1 is 1.88 bits per heavy atom. The number of aliphatic hydroxyl groups excluding tert-OH is 1. The first-order chi connectivity index (χ1) is 3.81. The third-order valence-corrected chi connectivity index (χ3v) is 0.629. The summed E-state index contributed by atoms with van der Waals surface area (Å²) in [7, 11) is 0. The Balaban J connectivity index is 3.25. The lowest BCUT2D eigenvalue weighted by molar-refractivity contribution is 0.196. The summed E-state index contributed by atoms with van der Waals surface area (Å²) in [6, 6.07) is 1.76. The average molecular weight is 111 g/mol. The number of hydrogen-bond donors (Lipinski definition) is 1. The number of aliphatic hydroxyl groups is 1. The maximum absolute atomic E-state index is 8.61. The van der Waals surface area contributed by atoms with Crippen molar-refractivity contribution in [1.82, 2.24) is 0 Å². The molecule has 3 heteroatoms. The largest absolute Gasteiger partial charge is 0.384 e. The van der Waals surface area contributed by atoms with E-state index in [2.05, 4.69) is 4.85 Å². The van der Waals surface area contributed by atoms with E-state index in [0.29, 0.717) is 0 Å². The lowest BCUT2D eigenvalue weighted by Gasteiger charge is -1.91. The van der Waals surface area contributed by atoms with Crippen LogP contribution in [-0.2, 0) is 0 Å². The smallest absolute Gasteiger partial charge is 0.241 e. The Morgan fingerprint density at radius 3 is 2.88 bits per heavy atom. The molecule has 0 aliphatic rings. The van der Waals surface area contributed by atoms with Gasteiger partial charge in [-0.1, -0.05) is 0 Å². The normalized spacial score (nSPS) is 11.4. The lowest BCUT2D eigenvalue weighted by Crippen LogP contribution is -2.07. The van der Waals surface area contributed by atoms with Crippen LogP contribution in [0.4, 0.5) is 0 Å². The van der Waals surface area contributed by atoms with Crippen molar-refractivity contribution in [3.05, 3.63) is 11.4 Å². The van der Waals surface area contributed by atoms with Crippen molar-refractivity contribution in [2.75, 3.05) is 6.54 Å². The molecule has 0 saturated carbocycles. The summed E-state index contributed by atoms with van der Waals surface area (Å²) in [6.45, 7) is 6.30. The molecule has 0 heterocycles. The number of nitriles is 1. The van der Waals surface area contributed by atoms with Crippen molar-refractivity contribution in [1.29, 1.82) is 5.26 Å². The summed E-state index contributed by atoms with van der Waals surface area (Å²) in [6.07, 6.45) is -0.694. The summed E-state index contributed by atoms with van der Waals surface area (Å²) in [5, 5.41) is 16.6. The van der Waals surface area contributed by atoms with Crippen LogP contribution in [0.2, 0.25) is 0 Å². The second kappa shape index (κ2) is 4.11. The van der Waals surface area contributed by atoms with Crippen LogP contribution in [-0.4, -0.2) is 17.8 Å². The van der Waals surface area contributed by atoms with Gasteiger partial charge in [-0.15, -0.1) is 0 Å². The monoisotopic (exact) mass is 111 g/mol. The Bertz CT molecular complexity index is 114. The minimum atomic E-state index is -0.752. The first-order valence-electron chi connectivity index (χ1n) is 2.19. The minimum Gasteiger partial charge on any atom is -0.384 e. The quantitative estimate of drug-likeness (QED) is 0.408. The molecule has 1 N–H and O–H groups in total. The topological polar surface area (TPSA) is 48.4 Å². The van der Waals surface area contributed by atoms with E-state index in [4.69, 9.17) is 16.9 Å². The Kier molecular flexibility index (Phi) is 3.56. The van der Waals surface area contributed by atoms with E-state index in [1.807, 2.05) is 0 Å². The van der Waals surface area contributed by atoms with E-state index in [-0.39, 0.29) is 13.0 Å². The van der Waals surface area contributed by atoms with Gasteiger partial charge in [0, 0.05) is 0 Å². The fourth-order valence-electron chi connectivity index (χ4n) is 0.275. The molecule has 0 aliphatic carbocycles. The van der Waals surface area contributed by atoms with Gasteiger partial charge in [0.1, 0.15) is 6.10 Å². The first kappa shape index (κ1) is 6.94. The minimum absolute atomic E-state index is 0.0353. The fraction of sp³-hybridized carbons (Fsp3) is 0.600. The molecule has 0 bridgehead atoms. The Morgan fingerprint density at radius 2 is 2.50 bits per heavy atom. The molecule has 0 aromatic rings. The molecule has 0 amide bonds. The van der Waals surface area contributed by atoms with Crippen LogP contribution in [0.3, 0.4) is 0 Å². The van der Waals surface area contributed by atoms with Crippen LogP contribution < -0.4 is 0 Å². The second-order valence-electron chi connectivity index (χ2n) is 1.36. The zero-order valence-corrected chi connectivity index (χ0v) is 4.33. The summed E-state index contributed by atoms with van der Waals surface area (Å²) < 4.78 is 0. The SMILES string of the molecule is [C-]#[15N+]C[C@@H](O)CC#N. The zero-order valence-electron chi connectivity index (χ0n) is 4.33. The average Bonchev–Trinajstić information content (AvgIpc) is 1.68. The molecule has 0 aromatic heterocycles. The van der Waals surface area contributed by atoms with Crippen molar-refractivity contribution in [2.24, 2.45) is 0 Å². The molecule has 0 spiro atoms. The van der Waals surface area contributed by atoms with E-state index >= 15 is 0 Å². The third-order valence-electron chi connectivity index (χ3n) is 0.629. The zero-order chi connectivity index (χ0) is 6.41. The summed E-state index contributed by atoms with van der Waals surface area (Å²) in [5.74, 6) is 0. The summed E-state index contributed by atoms with van der Waals surface area (Å²) in [4.78, 5) is 2.90. The van der Waals surface area contributed by atoms with Crippen LogP contribution in [0, 0.1) is 17.9 Å². The fourth-order valence-corrected chi connectivity index (χ4v) is 0.275. The molecule has 1 atom stereocenters. The molecule has 0 rings (SSSR count). The molecular formula is C5H6N2O. The van der Waals surface area contributed by atoms with Gasteiger partial charge in [-0.25, -0.2) is 6.57 Å². The molecule has 0 unspecified atom stereocenters. The maximum Gasteiger partial charge on any atom is 0.241 e. The first-order valence-corrected chi connectivity index (χ1v) is 2.19. The Labute approximate surface area is 48.0 Å². The van der Waals surface area contributed by atoms with Gasteiger partial charge in [0.05, 0.1) is 12.5 Å². The van der Waals surface area contributed by atoms with E-state index in [9.17, 15) is 0 Å². The highest BCUT2D eigenvalue weighted by Gasteiger charge is 2.03. The molecular weight excluding hydrogens is 105 g/mol. The molecule has 3 nitrogen and oxygen atoms in total. The van der Waals surface area contributed by atoms with E-state index < -0.39 is 6.10 Å². The van der Waals surface area contributed by atoms with Gasteiger partial charge in [-0.3, -0.25) is 0 Å². The highest BCUT2D eigenvalue weighted by atomic mass is 16.3. The van der Waals surface area contributed by atoms with Crippen LogP contribution >= 0.6 is 0 Å². The van der Waals surface area contributed by atoms with E-state index in [0.717, 1.165) is 0 Å². The molecule has 0 aliphatic heterocycles. The summed E-state index contributed by atoms with van der Waals surface area (Å²) in [5.41, 5.74) is 0. The van der Waals surface area contributed by atoms with Gasteiger partial charge >= 0.3 is 0 Å². The van der Waals surface area contributed by atoms with Crippen molar-refractivity contribution in [2.45, 2.75) is 12.5 Å². The van der Waals surface area contributed by atoms with Crippen molar-refractivity contribution in [3.8, 4) is 6.07 Å². The van der Waals surface area contributed by atoms with Crippen molar-refractivity contribution >= 4 is 0 Å². The molecule has 42 valence electrons. The van der Waals surface area contributed by atoms with Crippen molar-refractivity contribution < 1.29 is 5.11 Å². The van der Waals surface area contributed by atoms with E-state index in [1.54, 1.807) is 6.07 Å². The standard InChI is InChI=1S/C5H6N2O/c1-7-4-5(8)2-3-6/h5,8H,2,4H2/t5-/m0/s1/i7+1. The highest BCUT2D eigenvalue weighted by molar-refractivity contribution is 4.79. The molecule has 0 saturated heterocycles. The highest BCUT2D eigenvalue weighted by Crippen LogP contribution is 1.88. The third kappa shape index (κ3) is 3.14. The van der Waals surface area contributed by atoms with Gasteiger partial charge in [-0.05, 0) is 0 Å². The van der Waals surface area contributed by atoms with Crippen LogP contribution in [0.5, 0.6) is 0 Å². The molecule has 0 aromatic carbocycles. The van der Waals surface area contributed by atoms with Gasteiger partial charge in [0.25, 0.3) is 0 Å². The van der Waals surface area contributed by atoms with Gasteiger partial charge in [0.15, 0.2) is 0 Å². The molecule has 8 heavy (non-hydrogen) atoms. The van der Waals surface area contributed by atoms with Crippen molar-refractivity contribution in [3.63, 3.8) is 0 Å². The van der Waals surface area contributed by atoms with Crippen LogP contribution in [0.15, 0.2) is 0 Å². The van der Waals surface area contributed by atoms with Gasteiger partial charge in [-0.2, -0.15) is 5.26 Å². The summed E-state index contributed by atoms with van der Waals surface area (Å²) >= 11 is 0. The second-order valence-corrected chi connectivity index (χ2v) is 1.36. The number of rotatable bonds is 2. The lowest BCUT2D eigenvalue weighted by atomic mass is 10.3. The number of nitrogens with zero attached hydrogens (tertiary/aromatic N) is 2. The molecule has 0 fully saturated rings. The van der Waals surface area contributed by atoms with Crippen LogP contribution in [0.25, 0.3) is 4.85 Å².